The van der Waals surface area contributed by atoms with Gasteiger partial charge in [-0.15, -0.1) is 0 Å². The molecule has 0 aliphatic heterocycles. The van der Waals surface area contributed by atoms with E-state index in [1.54, 1.807) is 0 Å². The Hall–Kier alpha value is -1.80. The topological polar surface area (TPSA) is 46.9 Å². The van der Waals surface area contributed by atoms with Gasteiger partial charge in [0.05, 0.1) is 10.0 Å². The number of rotatable bonds is 5. The average molecular weight is 370 g/mol. The molecule has 1 amide bonds. The fourth-order valence-corrected chi connectivity index (χ4v) is 2.07. The molecular formula is C13H9Cl2F4N3O. The van der Waals surface area contributed by atoms with Gasteiger partial charge in [-0.25, -0.2) is 17.6 Å². The van der Waals surface area contributed by atoms with E-state index < -0.39 is 36.7 Å². The largest absolute Gasteiger partial charge is 0.324 e. The number of amides is 1. The van der Waals surface area contributed by atoms with Crippen molar-refractivity contribution in [3.8, 4) is 0 Å². The summed E-state index contributed by atoms with van der Waals surface area (Å²) in [5, 5.41) is 6.18. The highest BCUT2D eigenvalue weighted by molar-refractivity contribution is 6.42. The lowest BCUT2D eigenvalue weighted by Crippen LogP contribution is -2.21. The number of nitrogens with one attached hydrogen (secondary N) is 1. The first-order valence-electron chi connectivity index (χ1n) is 6.16. The summed E-state index contributed by atoms with van der Waals surface area (Å²) in [5.41, 5.74) is -1.29. The van der Waals surface area contributed by atoms with Gasteiger partial charge in [-0.1, -0.05) is 23.2 Å². The van der Waals surface area contributed by atoms with Gasteiger partial charge in [0.15, 0.2) is 0 Å². The van der Waals surface area contributed by atoms with Crippen molar-refractivity contribution in [2.75, 3.05) is 5.32 Å². The minimum atomic E-state index is -3.03. The number of aromatic nitrogens is 2. The summed E-state index contributed by atoms with van der Waals surface area (Å²) in [6.07, 6.45) is -6.04. The number of halogens is 6. The van der Waals surface area contributed by atoms with Crippen molar-refractivity contribution in [3.63, 3.8) is 0 Å². The summed E-state index contributed by atoms with van der Waals surface area (Å²) in [5.74, 6) is -0.728. The van der Waals surface area contributed by atoms with Gasteiger partial charge < -0.3 is 5.32 Å². The van der Waals surface area contributed by atoms with Crippen LogP contribution in [0, 0.1) is 0 Å². The van der Waals surface area contributed by atoms with E-state index in [4.69, 9.17) is 23.2 Å². The second kappa shape index (κ2) is 7.18. The van der Waals surface area contributed by atoms with E-state index in [0.29, 0.717) is 10.7 Å². The number of benzene rings is 1. The van der Waals surface area contributed by atoms with Crippen LogP contribution in [0.3, 0.4) is 0 Å². The van der Waals surface area contributed by atoms with Gasteiger partial charge in [0.2, 0.25) is 5.91 Å². The van der Waals surface area contributed by atoms with E-state index in [-0.39, 0.29) is 15.7 Å². The molecule has 2 rings (SSSR count). The molecule has 1 aromatic carbocycles. The zero-order valence-corrected chi connectivity index (χ0v) is 12.8. The molecule has 0 fully saturated rings. The lowest BCUT2D eigenvalue weighted by Gasteiger charge is -2.08. The predicted octanol–water partition coefficient (Wildman–Crippen LogP) is 4.70. The highest BCUT2D eigenvalue weighted by atomic mass is 35.5. The summed E-state index contributed by atoms with van der Waals surface area (Å²) in [6, 6.07) is 4.83. The second-order valence-corrected chi connectivity index (χ2v) is 5.24. The molecule has 0 aliphatic carbocycles. The van der Waals surface area contributed by atoms with E-state index >= 15 is 0 Å². The standard InChI is InChI=1S/C13H9Cl2F4N3O/c14-7-2-1-6(3-8(7)15)20-11(23)5-22-10(13(18)19)4-9(21-22)12(16)17/h1-4,12-13H,5H2,(H,20,23). The van der Waals surface area contributed by atoms with Crippen molar-refractivity contribution in [1.82, 2.24) is 9.78 Å². The van der Waals surface area contributed by atoms with Crippen LogP contribution in [0.1, 0.15) is 24.2 Å². The monoisotopic (exact) mass is 369 g/mol. The molecule has 0 aliphatic rings. The van der Waals surface area contributed by atoms with Crippen molar-refractivity contribution in [2.45, 2.75) is 19.4 Å². The van der Waals surface area contributed by atoms with Gasteiger partial charge in [0.25, 0.3) is 12.9 Å². The predicted molar refractivity (Wildman–Crippen MR) is 77.2 cm³/mol. The molecule has 0 radical (unpaired) electrons. The number of alkyl halides is 4. The number of carbonyl (C=O) groups is 1. The Kier molecular flexibility index (Phi) is 5.48. The van der Waals surface area contributed by atoms with Gasteiger partial charge in [0, 0.05) is 5.69 Å². The minimum Gasteiger partial charge on any atom is -0.324 e. The van der Waals surface area contributed by atoms with Crippen LogP contribution in [0.15, 0.2) is 24.3 Å². The molecule has 0 atom stereocenters. The van der Waals surface area contributed by atoms with Crippen LogP contribution in [0.25, 0.3) is 0 Å². The number of carbonyl (C=O) groups excluding carboxylic acids is 1. The highest BCUT2D eigenvalue weighted by Crippen LogP contribution is 2.26. The summed E-state index contributed by atoms with van der Waals surface area (Å²) in [7, 11) is 0. The van der Waals surface area contributed by atoms with Crippen LogP contribution in [0.2, 0.25) is 10.0 Å². The molecule has 0 unspecified atom stereocenters. The second-order valence-electron chi connectivity index (χ2n) is 4.43. The summed E-state index contributed by atoms with van der Waals surface area (Å²) >= 11 is 11.5. The van der Waals surface area contributed by atoms with Crippen molar-refractivity contribution in [3.05, 3.63) is 45.7 Å². The molecule has 23 heavy (non-hydrogen) atoms. The van der Waals surface area contributed by atoms with E-state index in [2.05, 4.69) is 10.4 Å². The molecule has 0 spiro atoms. The van der Waals surface area contributed by atoms with Crippen molar-refractivity contribution >= 4 is 34.8 Å². The number of anilines is 1. The van der Waals surface area contributed by atoms with Gasteiger partial charge in [-0.2, -0.15) is 5.10 Å². The Morgan fingerprint density at radius 2 is 1.83 bits per heavy atom. The quantitative estimate of drug-likeness (QED) is 0.776. The highest BCUT2D eigenvalue weighted by Gasteiger charge is 2.22. The van der Waals surface area contributed by atoms with Crippen molar-refractivity contribution in [1.29, 1.82) is 0 Å². The Labute approximate surface area is 138 Å². The third-order valence-corrected chi connectivity index (χ3v) is 3.51. The number of hydrogen-bond acceptors (Lipinski definition) is 2. The van der Waals surface area contributed by atoms with Gasteiger partial charge in [0.1, 0.15) is 17.9 Å². The SMILES string of the molecule is O=C(Cn1nc(C(F)F)cc1C(F)F)Nc1ccc(Cl)c(Cl)c1. The summed E-state index contributed by atoms with van der Waals surface area (Å²) in [4.78, 5) is 11.9. The van der Waals surface area contributed by atoms with E-state index in [0.717, 1.165) is 0 Å². The lowest BCUT2D eigenvalue weighted by molar-refractivity contribution is -0.117. The maximum Gasteiger partial charge on any atom is 0.282 e. The van der Waals surface area contributed by atoms with Crippen LogP contribution < -0.4 is 5.32 Å². The third-order valence-electron chi connectivity index (χ3n) is 2.77. The lowest BCUT2D eigenvalue weighted by atomic mass is 10.3. The molecule has 4 nitrogen and oxygen atoms in total. The van der Waals surface area contributed by atoms with Crippen LogP contribution in [-0.2, 0) is 11.3 Å². The van der Waals surface area contributed by atoms with E-state index in [1.165, 1.54) is 18.2 Å². The van der Waals surface area contributed by atoms with Crippen LogP contribution in [0.5, 0.6) is 0 Å². The molecule has 2 aromatic rings. The molecule has 124 valence electrons. The summed E-state index contributed by atoms with van der Waals surface area (Å²) in [6.45, 7) is -0.646. The fraction of sp³-hybridized carbons (Fsp3) is 0.231. The first-order chi connectivity index (χ1) is 10.8. The van der Waals surface area contributed by atoms with Crippen LogP contribution in [-0.4, -0.2) is 15.7 Å². The number of hydrogen-bond donors (Lipinski definition) is 1. The van der Waals surface area contributed by atoms with Crippen LogP contribution >= 0.6 is 23.2 Å². The van der Waals surface area contributed by atoms with E-state index in [9.17, 15) is 22.4 Å². The maximum absolute atomic E-state index is 12.8. The molecule has 0 saturated heterocycles. The molecule has 0 saturated carbocycles. The molecule has 0 bridgehead atoms. The van der Waals surface area contributed by atoms with Gasteiger partial charge >= 0.3 is 0 Å². The zero-order valence-electron chi connectivity index (χ0n) is 11.2. The Morgan fingerprint density at radius 3 is 2.39 bits per heavy atom. The van der Waals surface area contributed by atoms with Crippen molar-refractivity contribution < 1.29 is 22.4 Å². The van der Waals surface area contributed by atoms with Gasteiger partial charge in [-0.05, 0) is 24.3 Å². The van der Waals surface area contributed by atoms with Crippen molar-refractivity contribution in [2.24, 2.45) is 0 Å². The first kappa shape index (κ1) is 17.6. The Balaban J connectivity index is 2.14. The molecule has 1 heterocycles. The van der Waals surface area contributed by atoms with E-state index in [1.807, 2.05) is 0 Å². The number of nitrogens with zero attached hydrogens (tertiary/aromatic N) is 2. The summed E-state index contributed by atoms with van der Waals surface area (Å²) < 4.78 is 51.2. The maximum atomic E-state index is 12.8. The average Bonchev–Trinajstić information content (AvgIpc) is 2.87. The smallest absolute Gasteiger partial charge is 0.282 e. The molecule has 10 heteroatoms. The Morgan fingerprint density at radius 1 is 1.13 bits per heavy atom. The zero-order chi connectivity index (χ0) is 17.1. The fourth-order valence-electron chi connectivity index (χ4n) is 1.77. The third kappa shape index (κ3) is 4.35. The molecule has 1 aromatic heterocycles. The molecule has 1 N–H and O–H groups in total. The molecular weight excluding hydrogens is 361 g/mol. The minimum absolute atomic E-state index is 0.191. The normalized spacial score (nSPS) is 11.3. The first-order valence-corrected chi connectivity index (χ1v) is 6.92. The Bertz CT molecular complexity index is 721. The van der Waals surface area contributed by atoms with Gasteiger partial charge in [-0.3, -0.25) is 9.48 Å². The van der Waals surface area contributed by atoms with Crippen LogP contribution in [0.4, 0.5) is 23.2 Å².